The van der Waals surface area contributed by atoms with Crippen LogP contribution in [0.15, 0.2) is 29.2 Å². The van der Waals surface area contributed by atoms with E-state index in [1.165, 1.54) is 0 Å². The van der Waals surface area contributed by atoms with Gasteiger partial charge in [-0.2, -0.15) is 13.2 Å². The number of nitrogens with one attached hydrogen (secondary N) is 1. The smallest absolute Gasteiger partial charge is 0.416 e. The molecular weight excluding hydrogens is 349 g/mol. The summed E-state index contributed by atoms with van der Waals surface area (Å²) < 4.78 is 64.5. The fourth-order valence-corrected chi connectivity index (χ4v) is 3.63. The van der Waals surface area contributed by atoms with Crippen molar-refractivity contribution >= 4 is 16.1 Å². The minimum absolute atomic E-state index is 0.0411. The second-order valence-electron chi connectivity index (χ2n) is 5.57. The first kappa shape index (κ1) is 18.5. The summed E-state index contributed by atoms with van der Waals surface area (Å²) in [6.45, 7) is 0.538. The van der Waals surface area contributed by atoms with Crippen LogP contribution in [0.4, 0.5) is 18.0 Å². The number of hydrogen-bond donors (Lipinski definition) is 1. The van der Waals surface area contributed by atoms with Crippen LogP contribution in [0, 0.1) is 5.92 Å². The molecule has 1 aromatic rings. The number of carbonyl (C=O) groups excluding carboxylic acids is 1. The molecule has 1 aliphatic heterocycles. The molecule has 1 fully saturated rings. The minimum atomic E-state index is -4.62. The van der Waals surface area contributed by atoms with Gasteiger partial charge in [0.25, 0.3) is 0 Å². The number of benzene rings is 1. The molecule has 0 saturated carbocycles. The van der Waals surface area contributed by atoms with Crippen LogP contribution < -0.4 is 9.83 Å². The highest BCUT2D eigenvalue weighted by molar-refractivity contribution is 7.89. The fourth-order valence-electron chi connectivity index (χ4n) is 2.47. The Morgan fingerprint density at radius 1 is 1.29 bits per heavy atom. The molecule has 0 unspecified atom stereocenters. The van der Waals surface area contributed by atoms with E-state index in [9.17, 15) is 31.5 Å². The number of rotatable bonds is 4. The summed E-state index contributed by atoms with van der Waals surface area (Å²) in [4.78, 5) is 11.4. The largest absolute Gasteiger partial charge is 0.530 e. The number of halogens is 3. The molecule has 134 valence electrons. The third kappa shape index (κ3) is 4.60. The van der Waals surface area contributed by atoms with Gasteiger partial charge in [-0.25, -0.2) is 13.1 Å². The molecule has 0 aromatic heterocycles. The summed E-state index contributed by atoms with van der Waals surface area (Å²) in [5.74, 6) is -0.0822. The van der Waals surface area contributed by atoms with E-state index in [0.29, 0.717) is 18.9 Å². The van der Waals surface area contributed by atoms with Gasteiger partial charge in [0.2, 0.25) is 10.0 Å². The molecule has 1 saturated heterocycles. The molecule has 1 amide bonds. The van der Waals surface area contributed by atoms with E-state index < -0.39 is 32.8 Å². The fraction of sp³-hybridized carbons (Fsp3) is 0.500. The lowest BCUT2D eigenvalue weighted by Crippen LogP contribution is -2.47. The maximum Gasteiger partial charge on any atom is 0.416 e. The van der Waals surface area contributed by atoms with E-state index in [4.69, 9.17) is 0 Å². The van der Waals surface area contributed by atoms with Crippen molar-refractivity contribution in [2.45, 2.75) is 23.9 Å². The molecule has 0 bridgehead atoms. The van der Waals surface area contributed by atoms with Gasteiger partial charge in [-0.15, -0.1) is 0 Å². The van der Waals surface area contributed by atoms with Crippen molar-refractivity contribution in [2.75, 3.05) is 19.6 Å². The van der Waals surface area contributed by atoms with Gasteiger partial charge in [-0.05, 0) is 37.0 Å². The van der Waals surface area contributed by atoms with Gasteiger partial charge < -0.3 is 14.8 Å². The Labute approximate surface area is 137 Å². The monoisotopic (exact) mass is 365 g/mol. The van der Waals surface area contributed by atoms with Gasteiger partial charge in [0.15, 0.2) is 0 Å². The number of amides is 1. The molecule has 2 rings (SSSR count). The summed E-state index contributed by atoms with van der Waals surface area (Å²) in [6.07, 6.45) is -4.97. The SMILES string of the molecule is O=C([O-])N1CCC(CNS(=O)(=O)c2cccc(C(F)(F)F)c2)CC1. The molecule has 1 aromatic carbocycles. The molecule has 0 atom stereocenters. The standard InChI is InChI=1S/C14H17F3N2O4S/c15-14(16,17)11-2-1-3-12(8-11)24(22,23)18-9-10-4-6-19(7-5-10)13(20)21/h1-3,8,10,18H,4-7,9H2,(H,20,21)/p-1. The van der Waals surface area contributed by atoms with Gasteiger partial charge in [-0.3, -0.25) is 0 Å². The zero-order valence-electron chi connectivity index (χ0n) is 12.5. The van der Waals surface area contributed by atoms with Gasteiger partial charge in [0.1, 0.15) is 6.09 Å². The van der Waals surface area contributed by atoms with Crippen molar-refractivity contribution in [3.05, 3.63) is 29.8 Å². The van der Waals surface area contributed by atoms with Crippen LogP contribution in [0.3, 0.4) is 0 Å². The molecule has 10 heteroatoms. The van der Waals surface area contributed by atoms with Gasteiger partial charge in [-0.1, -0.05) is 6.07 Å². The quantitative estimate of drug-likeness (QED) is 0.863. The lowest BCUT2D eigenvalue weighted by molar-refractivity contribution is -0.266. The Bertz CT molecular complexity index is 698. The van der Waals surface area contributed by atoms with E-state index in [0.717, 1.165) is 23.1 Å². The highest BCUT2D eigenvalue weighted by atomic mass is 32.2. The third-order valence-electron chi connectivity index (χ3n) is 3.91. The Balaban J connectivity index is 1.99. The van der Waals surface area contributed by atoms with Crippen molar-refractivity contribution in [3.8, 4) is 0 Å². The Kier molecular flexibility index (Phi) is 5.38. The maximum atomic E-state index is 12.7. The van der Waals surface area contributed by atoms with Crippen molar-refractivity contribution in [3.63, 3.8) is 0 Å². The molecule has 1 aliphatic rings. The average Bonchev–Trinajstić information content (AvgIpc) is 2.53. The summed E-state index contributed by atoms with van der Waals surface area (Å²) >= 11 is 0. The number of alkyl halides is 3. The van der Waals surface area contributed by atoms with Crippen LogP contribution in [-0.4, -0.2) is 39.0 Å². The Morgan fingerprint density at radius 2 is 1.92 bits per heavy atom. The number of carbonyl (C=O) groups is 1. The lowest BCUT2D eigenvalue weighted by Gasteiger charge is -2.33. The average molecular weight is 365 g/mol. The summed E-state index contributed by atoms with van der Waals surface area (Å²) in [6, 6.07) is 3.52. The highest BCUT2D eigenvalue weighted by Crippen LogP contribution is 2.30. The van der Waals surface area contributed by atoms with E-state index in [2.05, 4.69) is 4.72 Å². The predicted molar refractivity (Wildman–Crippen MR) is 76.3 cm³/mol. The molecule has 1 heterocycles. The second kappa shape index (κ2) is 6.98. The first-order chi connectivity index (χ1) is 11.1. The molecule has 1 N–H and O–H groups in total. The Morgan fingerprint density at radius 3 is 2.46 bits per heavy atom. The zero-order chi connectivity index (χ0) is 18.0. The summed E-state index contributed by atoms with van der Waals surface area (Å²) in [5.41, 5.74) is -1.03. The Hall–Kier alpha value is -1.81. The number of hydrogen-bond acceptors (Lipinski definition) is 4. The lowest BCUT2D eigenvalue weighted by atomic mass is 9.97. The van der Waals surface area contributed by atoms with Crippen LogP contribution >= 0.6 is 0 Å². The first-order valence-electron chi connectivity index (χ1n) is 7.22. The van der Waals surface area contributed by atoms with Gasteiger partial charge >= 0.3 is 6.18 Å². The number of piperidine rings is 1. The summed E-state index contributed by atoms with van der Waals surface area (Å²) in [7, 11) is -4.06. The predicted octanol–water partition coefficient (Wildman–Crippen LogP) is 1.04. The van der Waals surface area contributed by atoms with Gasteiger partial charge in [0.05, 0.1) is 10.5 Å². The maximum absolute atomic E-state index is 12.7. The van der Waals surface area contributed by atoms with E-state index >= 15 is 0 Å². The number of sulfonamides is 1. The van der Waals surface area contributed by atoms with Crippen molar-refractivity contribution in [1.29, 1.82) is 0 Å². The number of carboxylic acid groups (broad SMARTS) is 1. The highest BCUT2D eigenvalue weighted by Gasteiger charge is 2.31. The van der Waals surface area contributed by atoms with Crippen LogP contribution in [-0.2, 0) is 16.2 Å². The number of likely N-dealkylation sites (tertiary alicyclic amines) is 1. The van der Waals surface area contributed by atoms with E-state index in [-0.39, 0.29) is 25.6 Å². The van der Waals surface area contributed by atoms with Crippen LogP contribution in [0.25, 0.3) is 0 Å². The first-order valence-corrected chi connectivity index (χ1v) is 8.71. The van der Waals surface area contributed by atoms with Crippen molar-refractivity contribution in [1.82, 2.24) is 9.62 Å². The normalized spacial score (nSPS) is 17.0. The van der Waals surface area contributed by atoms with Crippen LogP contribution in [0.5, 0.6) is 0 Å². The van der Waals surface area contributed by atoms with E-state index in [1.807, 2.05) is 0 Å². The van der Waals surface area contributed by atoms with Crippen molar-refractivity contribution in [2.24, 2.45) is 5.92 Å². The minimum Gasteiger partial charge on any atom is -0.530 e. The molecule has 0 spiro atoms. The van der Waals surface area contributed by atoms with Crippen molar-refractivity contribution < 1.29 is 31.5 Å². The molecule has 0 radical (unpaired) electrons. The topological polar surface area (TPSA) is 89.5 Å². The molecule has 6 nitrogen and oxygen atoms in total. The molecular formula is C14H16F3N2O4S-. The second-order valence-corrected chi connectivity index (χ2v) is 7.34. The van der Waals surface area contributed by atoms with Gasteiger partial charge in [0, 0.05) is 19.6 Å². The number of nitrogens with zero attached hydrogens (tertiary/aromatic N) is 1. The zero-order valence-corrected chi connectivity index (χ0v) is 13.4. The summed E-state index contributed by atoms with van der Waals surface area (Å²) in [5, 5.41) is 10.7. The third-order valence-corrected chi connectivity index (χ3v) is 5.33. The van der Waals surface area contributed by atoms with E-state index in [1.54, 1.807) is 0 Å². The van der Waals surface area contributed by atoms with Crippen LogP contribution in [0.1, 0.15) is 18.4 Å². The molecule has 24 heavy (non-hydrogen) atoms. The van der Waals surface area contributed by atoms with Crippen LogP contribution in [0.2, 0.25) is 0 Å². The molecule has 0 aliphatic carbocycles.